The van der Waals surface area contributed by atoms with Gasteiger partial charge >= 0.3 is 0 Å². The predicted molar refractivity (Wildman–Crippen MR) is 132 cm³/mol. The van der Waals surface area contributed by atoms with Crippen molar-refractivity contribution < 1.29 is 9.59 Å². The van der Waals surface area contributed by atoms with Crippen LogP contribution < -0.4 is 16.0 Å². The molecule has 0 spiro atoms. The minimum atomic E-state index is -0.282. The smallest absolute Gasteiger partial charge is 0.211 e. The normalized spacial score (nSPS) is 17.1. The zero-order chi connectivity index (χ0) is 22.9. The number of hydrogen-bond acceptors (Lipinski definition) is 8. The molecule has 2 aliphatic rings. The maximum absolute atomic E-state index is 12.8. The van der Waals surface area contributed by atoms with E-state index in [0.717, 1.165) is 49.7 Å². The van der Waals surface area contributed by atoms with Gasteiger partial charge in [-0.25, -0.2) is 4.98 Å². The highest BCUT2D eigenvalue weighted by Gasteiger charge is 2.30. The molecule has 0 amide bonds. The van der Waals surface area contributed by atoms with Crippen LogP contribution in [0.3, 0.4) is 0 Å². The second-order valence-corrected chi connectivity index (χ2v) is 9.72. The third-order valence-electron chi connectivity index (χ3n) is 6.33. The molecule has 33 heavy (non-hydrogen) atoms. The molecule has 8 heteroatoms. The van der Waals surface area contributed by atoms with Gasteiger partial charge in [0.2, 0.25) is 11.6 Å². The van der Waals surface area contributed by atoms with Crippen LogP contribution in [0.4, 0.5) is 5.69 Å². The Labute approximate surface area is 196 Å². The number of rotatable bonds is 6. The van der Waals surface area contributed by atoms with Gasteiger partial charge in [-0.15, -0.1) is 11.3 Å². The van der Waals surface area contributed by atoms with Crippen LogP contribution in [0.2, 0.25) is 0 Å². The molecule has 0 bridgehead atoms. The number of carbonyl (C=O) groups excluding carboxylic acids is 2. The Morgan fingerprint density at radius 3 is 2.52 bits per heavy atom. The molecule has 1 saturated heterocycles. The lowest BCUT2D eigenvalue weighted by molar-refractivity contribution is 0.0967. The van der Waals surface area contributed by atoms with Gasteiger partial charge in [-0.1, -0.05) is 24.3 Å². The highest BCUT2D eigenvalue weighted by Crippen LogP contribution is 2.27. The fourth-order valence-electron chi connectivity index (χ4n) is 4.54. The van der Waals surface area contributed by atoms with Gasteiger partial charge in [0.15, 0.2) is 0 Å². The van der Waals surface area contributed by atoms with Crippen molar-refractivity contribution in [3.8, 4) is 0 Å². The molecule has 0 saturated carbocycles. The van der Waals surface area contributed by atoms with E-state index in [1.54, 1.807) is 35.6 Å². The second-order valence-electron chi connectivity index (χ2n) is 8.49. The minimum absolute atomic E-state index is 0.0143. The van der Waals surface area contributed by atoms with Gasteiger partial charge in [-0.05, 0) is 38.1 Å². The predicted octanol–water partition coefficient (Wildman–Crippen LogP) is 2.96. The second kappa shape index (κ2) is 8.96. The lowest BCUT2D eigenvalue weighted by Gasteiger charge is -2.36. The first kappa shape index (κ1) is 21.6. The number of aromatic nitrogens is 1. The average molecular weight is 462 g/mol. The molecule has 5 rings (SSSR count). The highest BCUT2D eigenvalue weighted by atomic mass is 32.1. The number of aryl methyl sites for hydroxylation is 1. The van der Waals surface area contributed by atoms with Crippen LogP contribution in [0.25, 0.3) is 10.2 Å². The van der Waals surface area contributed by atoms with Crippen molar-refractivity contribution >= 4 is 38.8 Å². The van der Waals surface area contributed by atoms with Gasteiger partial charge in [0, 0.05) is 49.5 Å². The summed E-state index contributed by atoms with van der Waals surface area (Å²) in [6.07, 6.45) is 0.867. The number of hydrogen-bond donors (Lipinski definition) is 2. The van der Waals surface area contributed by atoms with Crippen molar-refractivity contribution in [1.29, 1.82) is 0 Å². The molecule has 170 valence electrons. The number of benzene rings is 2. The standard InChI is InChI=1S/C25H27N5O2S/c1-16-28-20-8-7-17(15-21(20)33-16)30-13-11-29(12-14-30)10-4-9-27-23-22(26)24(31)18-5-2-3-6-19(18)25(23)32/h2-3,5-8,15,27H,4,9-14,26H2,1H3. The number of Topliss-reactive ketones (excluding diaryl/α,β-unsaturated/α-hetero) is 2. The Kier molecular flexibility index (Phi) is 5.86. The topological polar surface area (TPSA) is 91.6 Å². The molecule has 0 radical (unpaired) electrons. The Hall–Kier alpha value is -3.23. The third-order valence-corrected chi connectivity index (χ3v) is 7.26. The van der Waals surface area contributed by atoms with E-state index in [0.29, 0.717) is 17.7 Å². The number of fused-ring (bicyclic) bond motifs is 2. The summed E-state index contributed by atoms with van der Waals surface area (Å²) in [4.78, 5) is 34.6. The van der Waals surface area contributed by atoms with Gasteiger partial charge in [-0.2, -0.15) is 0 Å². The SMILES string of the molecule is Cc1nc2ccc(N3CCN(CCCNC4=C(N)C(=O)c5ccccc5C4=O)CC3)cc2s1. The summed E-state index contributed by atoms with van der Waals surface area (Å²) >= 11 is 1.74. The summed E-state index contributed by atoms with van der Waals surface area (Å²) in [6.45, 7) is 7.53. The molecular formula is C25H27N5O2S. The number of piperazine rings is 1. The minimum Gasteiger partial charge on any atom is -0.394 e. The van der Waals surface area contributed by atoms with Gasteiger partial charge in [-0.3, -0.25) is 14.5 Å². The molecule has 3 N–H and O–H groups in total. The van der Waals surface area contributed by atoms with Crippen LogP contribution >= 0.6 is 11.3 Å². The third kappa shape index (κ3) is 4.24. The van der Waals surface area contributed by atoms with E-state index in [2.05, 4.69) is 38.3 Å². The lowest BCUT2D eigenvalue weighted by Crippen LogP contribution is -2.47. The average Bonchev–Trinajstić information content (AvgIpc) is 3.22. The zero-order valence-corrected chi connectivity index (χ0v) is 19.5. The molecule has 1 aliphatic heterocycles. The first-order valence-electron chi connectivity index (χ1n) is 11.3. The van der Waals surface area contributed by atoms with Gasteiger partial charge < -0.3 is 16.0 Å². The van der Waals surface area contributed by atoms with Crippen molar-refractivity contribution in [3.05, 3.63) is 70.0 Å². The van der Waals surface area contributed by atoms with Gasteiger partial charge in [0.05, 0.1) is 15.2 Å². The molecule has 2 aromatic carbocycles. The fourth-order valence-corrected chi connectivity index (χ4v) is 5.40. The number of anilines is 1. The summed E-state index contributed by atoms with van der Waals surface area (Å²) in [7, 11) is 0. The Morgan fingerprint density at radius 1 is 1.03 bits per heavy atom. The van der Waals surface area contributed by atoms with E-state index >= 15 is 0 Å². The monoisotopic (exact) mass is 461 g/mol. The molecule has 2 heterocycles. The number of nitrogens with zero attached hydrogens (tertiary/aromatic N) is 3. The Balaban J connectivity index is 1.11. The van der Waals surface area contributed by atoms with Crippen LogP contribution in [0.15, 0.2) is 53.9 Å². The van der Waals surface area contributed by atoms with Crippen molar-refractivity contribution in [2.75, 3.05) is 44.2 Å². The number of allylic oxidation sites excluding steroid dienone is 2. The van der Waals surface area contributed by atoms with Crippen molar-refractivity contribution in [2.24, 2.45) is 5.73 Å². The van der Waals surface area contributed by atoms with E-state index in [4.69, 9.17) is 5.73 Å². The Bertz CT molecular complexity index is 1260. The van der Waals surface area contributed by atoms with Gasteiger partial charge in [0.1, 0.15) is 11.4 Å². The van der Waals surface area contributed by atoms with Gasteiger partial charge in [0.25, 0.3) is 0 Å². The van der Waals surface area contributed by atoms with Crippen molar-refractivity contribution in [3.63, 3.8) is 0 Å². The number of nitrogens with two attached hydrogens (primary N) is 1. The van der Waals surface area contributed by atoms with Crippen LogP contribution in [0.5, 0.6) is 0 Å². The maximum Gasteiger partial charge on any atom is 0.211 e. The summed E-state index contributed by atoms with van der Waals surface area (Å²) in [5, 5.41) is 4.23. The summed E-state index contributed by atoms with van der Waals surface area (Å²) in [5.41, 5.74) is 9.37. The van der Waals surface area contributed by atoms with Crippen molar-refractivity contribution in [1.82, 2.24) is 15.2 Å². The van der Waals surface area contributed by atoms with Crippen LogP contribution in [-0.2, 0) is 0 Å². The van der Waals surface area contributed by atoms with E-state index in [1.165, 1.54) is 10.4 Å². The first-order chi connectivity index (χ1) is 16.0. The molecule has 0 unspecified atom stereocenters. The van der Waals surface area contributed by atoms with Crippen LogP contribution in [0, 0.1) is 6.92 Å². The van der Waals surface area contributed by atoms with Crippen LogP contribution in [-0.4, -0.2) is 60.7 Å². The maximum atomic E-state index is 12.8. The van der Waals surface area contributed by atoms with Crippen molar-refractivity contribution in [2.45, 2.75) is 13.3 Å². The highest BCUT2D eigenvalue weighted by molar-refractivity contribution is 7.18. The van der Waals surface area contributed by atoms with Crippen LogP contribution in [0.1, 0.15) is 32.1 Å². The summed E-state index contributed by atoms with van der Waals surface area (Å²) in [5.74, 6) is -0.486. The quantitative estimate of drug-likeness (QED) is 0.546. The fraction of sp³-hybridized carbons (Fsp3) is 0.320. The number of carbonyl (C=O) groups is 2. The van der Waals surface area contributed by atoms with E-state index in [-0.39, 0.29) is 23.0 Å². The van der Waals surface area contributed by atoms with E-state index in [1.807, 2.05) is 6.92 Å². The van der Waals surface area contributed by atoms with E-state index < -0.39 is 0 Å². The molecule has 0 atom stereocenters. The molecular weight excluding hydrogens is 434 g/mol. The Morgan fingerprint density at radius 2 is 1.76 bits per heavy atom. The molecule has 1 fully saturated rings. The van der Waals surface area contributed by atoms with E-state index in [9.17, 15) is 9.59 Å². The zero-order valence-electron chi connectivity index (χ0n) is 18.6. The molecule has 3 aromatic rings. The lowest BCUT2D eigenvalue weighted by atomic mass is 9.90. The largest absolute Gasteiger partial charge is 0.394 e. The number of ketones is 2. The number of thiazole rings is 1. The molecule has 1 aromatic heterocycles. The summed E-state index contributed by atoms with van der Waals surface area (Å²) in [6, 6.07) is 13.4. The number of nitrogens with one attached hydrogen (secondary N) is 1. The first-order valence-corrected chi connectivity index (χ1v) is 12.1. The molecule has 1 aliphatic carbocycles. The summed E-state index contributed by atoms with van der Waals surface area (Å²) < 4.78 is 1.24. The molecule has 7 nitrogen and oxygen atoms in total.